The Morgan fingerprint density at radius 3 is 2.55 bits per heavy atom. The second kappa shape index (κ2) is 10.8. The average molecular weight is 485 g/mol. The van der Waals surface area contributed by atoms with Gasteiger partial charge in [-0.15, -0.1) is 16.8 Å². The average Bonchev–Trinajstić information content (AvgIpc) is 3.42. The molecule has 9 heteroatoms. The normalized spacial score (nSPS) is 12.2. The molecule has 1 aromatic carbocycles. The Hall–Kier alpha value is -2.91. The van der Waals surface area contributed by atoms with Gasteiger partial charge in [-0.05, 0) is 62.8 Å². The number of carbonyl (C=O) groups excluding carboxylic acids is 2. The van der Waals surface area contributed by atoms with E-state index in [4.69, 9.17) is 4.74 Å². The highest BCUT2D eigenvalue weighted by atomic mass is 32.2. The maximum Gasteiger partial charge on any atom is 0.422 e. The van der Waals surface area contributed by atoms with Gasteiger partial charge in [-0.3, -0.25) is 4.79 Å². The Labute approximate surface area is 202 Å². The van der Waals surface area contributed by atoms with Crippen LogP contribution in [0.2, 0.25) is 0 Å². The van der Waals surface area contributed by atoms with Crippen LogP contribution < -0.4 is 5.32 Å². The van der Waals surface area contributed by atoms with E-state index in [9.17, 15) is 9.59 Å². The fourth-order valence-corrected chi connectivity index (χ4v) is 4.57. The van der Waals surface area contributed by atoms with Crippen LogP contribution in [0.5, 0.6) is 0 Å². The molecule has 1 amide bonds. The van der Waals surface area contributed by atoms with E-state index >= 15 is 0 Å². The van der Waals surface area contributed by atoms with Gasteiger partial charge in [0.2, 0.25) is 11.1 Å². The second-order valence-electron chi connectivity index (χ2n) is 8.30. The number of amides is 1. The van der Waals surface area contributed by atoms with Crippen molar-refractivity contribution in [1.82, 2.24) is 14.8 Å². The van der Waals surface area contributed by atoms with E-state index in [2.05, 4.69) is 29.0 Å². The molecule has 0 spiro atoms. The number of thiophene rings is 1. The van der Waals surface area contributed by atoms with Gasteiger partial charge in [0.05, 0.1) is 5.25 Å². The third-order valence-corrected chi connectivity index (χ3v) is 6.39. The van der Waals surface area contributed by atoms with Crippen molar-refractivity contribution >= 4 is 40.8 Å². The van der Waals surface area contributed by atoms with Crippen molar-refractivity contribution in [3.8, 4) is 11.4 Å². The molecule has 3 aromatic rings. The zero-order chi connectivity index (χ0) is 24.0. The molecule has 0 saturated carbocycles. The van der Waals surface area contributed by atoms with Gasteiger partial charge in [-0.1, -0.05) is 36.9 Å². The first-order chi connectivity index (χ1) is 15.7. The van der Waals surface area contributed by atoms with E-state index < -0.39 is 16.9 Å². The fraction of sp³-hybridized carbons (Fsp3) is 0.333. The van der Waals surface area contributed by atoms with Crippen LogP contribution in [-0.4, -0.2) is 37.6 Å². The van der Waals surface area contributed by atoms with Crippen LogP contribution in [0.25, 0.3) is 11.4 Å². The van der Waals surface area contributed by atoms with Crippen LogP contribution in [-0.2, 0) is 16.0 Å². The van der Waals surface area contributed by atoms with Gasteiger partial charge in [0, 0.05) is 16.6 Å². The number of aryl methyl sites for hydroxylation is 1. The quantitative estimate of drug-likeness (QED) is 0.310. The van der Waals surface area contributed by atoms with Crippen molar-refractivity contribution in [1.29, 1.82) is 0 Å². The number of allylic oxidation sites excluding steroid dienone is 1. The number of aromatic nitrogens is 3. The van der Waals surface area contributed by atoms with Crippen molar-refractivity contribution in [2.75, 3.05) is 5.32 Å². The minimum absolute atomic E-state index is 0.208. The SMILES string of the molecule is C=CCC(Sc1nnc(-c2ccsc2)n1C(=O)OC(C)(C)C)C(=O)Nc1ccc(CC)cc1. The van der Waals surface area contributed by atoms with E-state index in [1.807, 2.05) is 41.1 Å². The van der Waals surface area contributed by atoms with Crippen LogP contribution in [0.1, 0.15) is 39.7 Å². The highest BCUT2D eigenvalue weighted by Crippen LogP contribution is 2.31. The van der Waals surface area contributed by atoms with Crippen LogP contribution in [0.3, 0.4) is 0 Å². The van der Waals surface area contributed by atoms with Gasteiger partial charge in [0.25, 0.3) is 0 Å². The number of carbonyl (C=O) groups is 2. The summed E-state index contributed by atoms with van der Waals surface area (Å²) in [5.41, 5.74) is 1.96. The highest BCUT2D eigenvalue weighted by molar-refractivity contribution is 8.00. The summed E-state index contributed by atoms with van der Waals surface area (Å²) in [6.45, 7) is 11.2. The molecule has 174 valence electrons. The summed E-state index contributed by atoms with van der Waals surface area (Å²) in [5, 5.41) is 14.9. The largest absolute Gasteiger partial charge is 0.443 e. The van der Waals surface area contributed by atoms with Crippen LogP contribution in [0, 0.1) is 0 Å². The molecule has 1 N–H and O–H groups in total. The smallest absolute Gasteiger partial charge is 0.422 e. The number of anilines is 1. The Bertz CT molecular complexity index is 1100. The maximum atomic E-state index is 13.1. The minimum atomic E-state index is -0.697. The zero-order valence-electron chi connectivity index (χ0n) is 19.2. The van der Waals surface area contributed by atoms with Crippen molar-refractivity contribution in [3.63, 3.8) is 0 Å². The first-order valence-electron chi connectivity index (χ1n) is 10.6. The monoisotopic (exact) mass is 484 g/mol. The van der Waals surface area contributed by atoms with Gasteiger partial charge in [-0.2, -0.15) is 11.3 Å². The lowest BCUT2D eigenvalue weighted by molar-refractivity contribution is -0.115. The third-order valence-electron chi connectivity index (χ3n) is 4.54. The van der Waals surface area contributed by atoms with E-state index in [-0.39, 0.29) is 11.1 Å². The molecule has 0 aliphatic heterocycles. The standard InChI is InChI=1S/C24H28N4O3S2/c1-6-8-19(21(29)25-18-11-9-16(7-2)10-12-18)33-22-27-26-20(17-13-14-32-15-17)28(22)23(30)31-24(3,4)5/h6,9-15,19H,1,7-8H2,2-5H3,(H,25,29). The van der Waals surface area contributed by atoms with Crippen LogP contribution >= 0.6 is 23.1 Å². The molecule has 0 bridgehead atoms. The number of hydrogen-bond donors (Lipinski definition) is 1. The first kappa shape index (κ1) is 24.7. The molecule has 7 nitrogen and oxygen atoms in total. The third kappa shape index (κ3) is 6.55. The molecule has 2 aromatic heterocycles. The van der Waals surface area contributed by atoms with E-state index in [1.54, 1.807) is 26.8 Å². The molecule has 1 atom stereocenters. The number of hydrogen-bond acceptors (Lipinski definition) is 7. The van der Waals surface area contributed by atoms with E-state index in [0.29, 0.717) is 17.9 Å². The van der Waals surface area contributed by atoms with Crippen molar-refractivity contribution in [2.24, 2.45) is 0 Å². The lowest BCUT2D eigenvalue weighted by Gasteiger charge is -2.21. The van der Waals surface area contributed by atoms with Crippen LogP contribution in [0.15, 0.2) is 58.9 Å². The summed E-state index contributed by atoms with van der Waals surface area (Å²) in [5.74, 6) is 0.167. The predicted molar refractivity (Wildman–Crippen MR) is 134 cm³/mol. The van der Waals surface area contributed by atoms with Gasteiger partial charge < -0.3 is 10.1 Å². The summed E-state index contributed by atoms with van der Waals surface area (Å²) < 4.78 is 6.93. The van der Waals surface area contributed by atoms with Crippen LogP contribution in [0.4, 0.5) is 10.5 Å². The summed E-state index contributed by atoms with van der Waals surface area (Å²) >= 11 is 2.65. The first-order valence-corrected chi connectivity index (χ1v) is 12.4. The number of ether oxygens (including phenoxy) is 1. The Balaban J connectivity index is 1.88. The van der Waals surface area contributed by atoms with Gasteiger partial charge in [0.15, 0.2) is 5.82 Å². The molecule has 0 saturated heterocycles. The molecule has 3 rings (SSSR count). The topological polar surface area (TPSA) is 86.1 Å². The highest BCUT2D eigenvalue weighted by Gasteiger charge is 2.29. The number of thioether (sulfide) groups is 1. The maximum absolute atomic E-state index is 13.1. The number of nitrogens with zero attached hydrogens (tertiary/aromatic N) is 3. The Kier molecular flexibility index (Phi) is 8.10. The summed E-state index contributed by atoms with van der Waals surface area (Å²) in [6, 6.07) is 9.58. The molecule has 2 heterocycles. The minimum Gasteiger partial charge on any atom is -0.443 e. The summed E-state index contributed by atoms with van der Waals surface area (Å²) in [6.07, 6.45) is 2.39. The molecular formula is C24H28N4O3S2. The number of benzene rings is 1. The van der Waals surface area contributed by atoms with E-state index in [1.165, 1.54) is 21.5 Å². The predicted octanol–water partition coefficient (Wildman–Crippen LogP) is 6.03. The number of nitrogens with one attached hydrogen (secondary N) is 1. The second-order valence-corrected chi connectivity index (χ2v) is 10.3. The zero-order valence-corrected chi connectivity index (χ0v) is 20.8. The van der Waals surface area contributed by atoms with Gasteiger partial charge in [-0.25, -0.2) is 9.36 Å². The van der Waals surface area contributed by atoms with Gasteiger partial charge in [0.1, 0.15) is 5.60 Å². The molecule has 0 aliphatic rings. The van der Waals surface area contributed by atoms with Crippen molar-refractivity contribution < 1.29 is 14.3 Å². The lowest BCUT2D eigenvalue weighted by atomic mass is 10.1. The molecule has 1 unspecified atom stereocenters. The lowest BCUT2D eigenvalue weighted by Crippen LogP contribution is -2.29. The van der Waals surface area contributed by atoms with E-state index in [0.717, 1.165) is 23.7 Å². The Morgan fingerprint density at radius 2 is 1.97 bits per heavy atom. The summed E-state index contributed by atoms with van der Waals surface area (Å²) in [4.78, 5) is 26.1. The molecule has 0 aliphatic carbocycles. The molecule has 0 fully saturated rings. The fourth-order valence-electron chi connectivity index (χ4n) is 2.93. The molecule has 0 radical (unpaired) electrons. The van der Waals surface area contributed by atoms with Gasteiger partial charge >= 0.3 is 6.09 Å². The molecular weight excluding hydrogens is 456 g/mol. The molecule has 33 heavy (non-hydrogen) atoms. The van der Waals surface area contributed by atoms with Crippen molar-refractivity contribution in [2.45, 2.75) is 56.5 Å². The van der Waals surface area contributed by atoms with Crippen molar-refractivity contribution in [3.05, 3.63) is 59.3 Å². The summed E-state index contributed by atoms with van der Waals surface area (Å²) in [7, 11) is 0. The Morgan fingerprint density at radius 1 is 1.24 bits per heavy atom. The number of rotatable bonds is 8.